The number of hydrogen-bond donors (Lipinski definition) is 2. The van der Waals surface area contributed by atoms with Gasteiger partial charge >= 0.3 is 0 Å². The van der Waals surface area contributed by atoms with Crippen LogP contribution >= 0.6 is 0 Å². The number of benzene rings is 1. The lowest BCUT2D eigenvalue weighted by Gasteiger charge is -2.31. The maximum absolute atomic E-state index is 12.9. The summed E-state index contributed by atoms with van der Waals surface area (Å²) < 4.78 is 5.61. The molecule has 3 aliphatic rings. The minimum atomic E-state index is -0.0621. The van der Waals surface area contributed by atoms with E-state index in [9.17, 15) is 9.59 Å². The second-order valence-electron chi connectivity index (χ2n) is 8.24. The van der Waals surface area contributed by atoms with E-state index in [1.165, 1.54) is 6.42 Å². The molecule has 2 saturated heterocycles. The molecule has 2 aliphatic heterocycles. The van der Waals surface area contributed by atoms with Crippen LogP contribution in [0, 0.1) is 5.92 Å². The van der Waals surface area contributed by atoms with Crippen LogP contribution in [0.5, 0.6) is 0 Å². The van der Waals surface area contributed by atoms with Crippen molar-refractivity contribution in [1.82, 2.24) is 5.32 Å². The zero-order valence-electron chi connectivity index (χ0n) is 16.5. The summed E-state index contributed by atoms with van der Waals surface area (Å²) in [5, 5.41) is 6.09. The number of nitrogens with one attached hydrogen (secondary N) is 2. The third kappa shape index (κ3) is 4.49. The predicted molar refractivity (Wildman–Crippen MR) is 110 cm³/mol. The highest BCUT2D eigenvalue weighted by molar-refractivity contribution is 6.01. The van der Waals surface area contributed by atoms with Crippen LogP contribution in [-0.4, -0.2) is 44.2 Å². The van der Waals surface area contributed by atoms with Crippen molar-refractivity contribution in [3.05, 3.63) is 23.8 Å². The zero-order valence-corrected chi connectivity index (χ0v) is 16.5. The molecule has 1 saturated carbocycles. The number of nitrogens with zero attached hydrogens (tertiary/aromatic N) is 1. The van der Waals surface area contributed by atoms with Crippen molar-refractivity contribution in [2.24, 2.45) is 5.92 Å². The van der Waals surface area contributed by atoms with Gasteiger partial charge in [-0.2, -0.15) is 0 Å². The summed E-state index contributed by atoms with van der Waals surface area (Å²) in [6.07, 6.45) is 8.80. The topological polar surface area (TPSA) is 70.7 Å². The van der Waals surface area contributed by atoms with Gasteiger partial charge < -0.3 is 20.3 Å². The number of amides is 2. The molecule has 0 aromatic heterocycles. The fourth-order valence-corrected chi connectivity index (χ4v) is 4.22. The summed E-state index contributed by atoms with van der Waals surface area (Å²) in [6, 6.07) is 5.68. The number of hydrogen-bond acceptors (Lipinski definition) is 4. The maximum atomic E-state index is 12.9. The SMILES string of the molecule is O=C(NCC1CCCO1)c1ccc(NC(=O)C2CCC2)cc1N1CCCCC1. The highest BCUT2D eigenvalue weighted by Gasteiger charge is 2.26. The van der Waals surface area contributed by atoms with E-state index in [1.54, 1.807) is 0 Å². The highest BCUT2D eigenvalue weighted by Crippen LogP contribution is 2.31. The van der Waals surface area contributed by atoms with Crippen molar-refractivity contribution in [2.45, 2.75) is 57.5 Å². The Morgan fingerprint density at radius 2 is 1.86 bits per heavy atom. The summed E-state index contributed by atoms with van der Waals surface area (Å²) in [4.78, 5) is 27.5. The van der Waals surface area contributed by atoms with Crippen LogP contribution in [0.3, 0.4) is 0 Å². The van der Waals surface area contributed by atoms with E-state index < -0.39 is 0 Å². The lowest BCUT2D eigenvalue weighted by molar-refractivity contribution is -0.122. The van der Waals surface area contributed by atoms with E-state index >= 15 is 0 Å². The van der Waals surface area contributed by atoms with Crippen molar-refractivity contribution < 1.29 is 14.3 Å². The Morgan fingerprint density at radius 1 is 1.04 bits per heavy atom. The second-order valence-corrected chi connectivity index (χ2v) is 8.24. The first kappa shape index (κ1) is 19.2. The van der Waals surface area contributed by atoms with Crippen molar-refractivity contribution in [3.63, 3.8) is 0 Å². The molecule has 0 spiro atoms. The van der Waals surface area contributed by atoms with Gasteiger partial charge in [-0.1, -0.05) is 6.42 Å². The monoisotopic (exact) mass is 385 g/mol. The molecular formula is C22H31N3O3. The molecule has 1 aromatic rings. The summed E-state index contributed by atoms with van der Waals surface area (Å²) in [5.74, 6) is 0.187. The molecule has 2 amide bonds. The van der Waals surface area contributed by atoms with Crippen LogP contribution in [0.2, 0.25) is 0 Å². The Bertz CT molecular complexity index is 705. The molecule has 6 nitrogen and oxygen atoms in total. The van der Waals surface area contributed by atoms with E-state index in [2.05, 4.69) is 15.5 Å². The molecule has 3 fully saturated rings. The Morgan fingerprint density at radius 3 is 2.54 bits per heavy atom. The lowest BCUT2D eigenvalue weighted by Crippen LogP contribution is -2.35. The summed E-state index contributed by atoms with van der Waals surface area (Å²) >= 11 is 0. The molecule has 2 N–H and O–H groups in total. The van der Waals surface area contributed by atoms with Gasteiger partial charge in [-0.25, -0.2) is 0 Å². The van der Waals surface area contributed by atoms with Crippen molar-refractivity contribution in [2.75, 3.05) is 36.5 Å². The van der Waals surface area contributed by atoms with Gasteiger partial charge in [0.15, 0.2) is 0 Å². The predicted octanol–water partition coefficient (Wildman–Crippen LogP) is 3.32. The van der Waals surface area contributed by atoms with Gasteiger partial charge in [0.05, 0.1) is 17.4 Å². The molecule has 0 radical (unpaired) electrons. The molecule has 1 aliphatic carbocycles. The first-order valence-corrected chi connectivity index (χ1v) is 10.8. The van der Waals surface area contributed by atoms with E-state index in [-0.39, 0.29) is 23.8 Å². The molecule has 1 aromatic carbocycles. The van der Waals surface area contributed by atoms with Gasteiger partial charge in [0.2, 0.25) is 5.91 Å². The quantitative estimate of drug-likeness (QED) is 0.788. The van der Waals surface area contributed by atoms with Gasteiger partial charge in [-0.05, 0) is 63.1 Å². The van der Waals surface area contributed by atoms with Gasteiger partial charge in [-0.15, -0.1) is 0 Å². The minimum absolute atomic E-state index is 0.0621. The minimum Gasteiger partial charge on any atom is -0.376 e. The van der Waals surface area contributed by atoms with Crippen molar-refractivity contribution >= 4 is 23.2 Å². The summed E-state index contributed by atoms with van der Waals surface area (Å²) in [7, 11) is 0. The average molecular weight is 386 g/mol. The molecule has 1 atom stereocenters. The molecule has 2 heterocycles. The van der Waals surface area contributed by atoms with Gasteiger partial charge in [0.1, 0.15) is 0 Å². The Balaban J connectivity index is 1.49. The first-order chi connectivity index (χ1) is 13.7. The van der Waals surface area contributed by atoms with Crippen LogP contribution in [0.25, 0.3) is 0 Å². The largest absolute Gasteiger partial charge is 0.376 e. The van der Waals surface area contributed by atoms with E-state index in [0.29, 0.717) is 12.1 Å². The number of ether oxygens (including phenoxy) is 1. The molecule has 0 bridgehead atoms. The molecule has 1 unspecified atom stereocenters. The molecule has 6 heteroatoms. The van der Waals surface area contributed by atoms with E-state index in [0.717, 1.165) is 76.0 Å². The van der Waals surface area contributed by atoms with Crippen LogP contribution in [-0.2, 0) is 9.53 Å². The average Bonchev–Trinajstić information content (AvgIpc) is 3.19. The number of rotatable bonds is 6. The molecule has 28 heavy (non-hydrogen) atoms. The molecule has 4 rings (SSSR count). The number of piperidine rings is 1. The van der Waals surface area contributed by atoms with Crippen molar-refractivity contribution in [3.8, 4) is 0 Å². The van der Waals surface area contributed by atoms with Crippen LogP contribution in [0.4, 0.5) is 11.4 Å². The first-order valence-electron chi connectivity index (χ1n) is 10.8. The van der Waals surface area contributed by atoms with Crippen molar-refractivity contribution in [1.29, 1.82) is 0 Å². The molecule has 152 valence electrons. The zero-order chi connectivity index (χ0) is 19.3. The fraction of sp³-hybridized carbons (Fsp3) is 0.636. The normalized spacial score (nSPS) is 22.6. The van der Waals surface area contributed by atoms with E-state index in [1.807, 2.05) is 18.2 Å². The standard InChI is InChI=1S/C22H31N3O3/c26-21(16-6-4-7-16)24-17-9-10-19(20(14-17)25-11-2-1-3-12-25)22(27)23-15-18-8-5-13-28-18/h9-10,14,16,18H,1-8,11-13,15H2,(H,23,27)(H,24,26). The van der Waals surface area contributed by atoms with E-state index in [4.69, 9.17) is 4.74 Å². The molecular weight excluding hydrogens is 354 g/mol. The highest BCUT2D eigenvalue weighted by atomic mass is 16.5. The number of anilines is 2. The van der Waals surface area contributed by atoms with Gasteiger partial charge in [-0.3, -0.25) is 9.59 Å². The Labute approximate surface area is 167 Å². The lowest BCUT2D eigenvalue weighted by atomic mass is 9.85. The maximum Gasteiger partial charge on any atom is 0.253 e. The van der Waals surface area contributed by atoms with Gasteiger partial charge in [0, 0.05) is 37.8 Å². The second kappa shape index (κ2) is 8.95. The van der Waals surface area contributed by atoms with Crippen LogP contribution in [0.1, 0.15) is 61.7 Å². The fourth-order valence-electron chi connectivity index (χ4n) is 4.22. The Hall–Kier alpha value is -2.08. The third-order valence-electron chi connectivity index (χ3n) is 6.20. The Kier molecular flexibility index (Phi) is 6.15. The number of carbonyl (C=O) groups is 2. The number of carbonyl (C=O) groups excluding carboxylic acids is 2. The van der Waals surface area contributed by atoms with Gasteiger partial charge in [0.25, 0.3) is 5.91 Å². The third-order valence-corrected chi connectivity index (χ3v) is 6.20. The smallest absolute Gasteiger partial charge is 0.253 e. The summed E-state index contributed by atoms with van der Waals surface area (Å²) in [6.45, 7) is 3.24. The van der Waals surface area contributed by atoms with Crippen LogP contribution < -0.4 is 15.5 Å². The summed E-state index contributed by atoms with van der Waals surface area (Å²) in [5.41, 5.74) is 2.39. The van der Waals surface area contributed by atoms with Crippen LogP contribution in [0.15, 0.2) is 18.2 Å².